The molecule has 1 aromatic carbocycles. The van der Waals surface area contributed by atoms with Crippen molar-refractivity contribution in [1.82, 2.24) is 9.58 Å². The maximum absolute atomic E-state index is 12.7. The number of nitrogens with one attached hydrogen (secondary N) is 1. The Kier molecular flexibility index (Phi) is 5.00. The summed E-state index contributed by atoms with van der Waals surface area (Å²) < 4.78 is 2.05. The van der Waals surface area contributed by atoms with Crippen LogP contribution in [0.5, 0.6) is 0 Å². The predicted octanol–water partition coefficient (Wildman–Crippen LogP) is 4.76. The third-order valence-corrected chi connectivity index (χ3v) is 5.76. The van der Waals surface area contributed by atoms with Crippen LogP contribution < -0.4 is 0 Å². The van der Waals surface area contributed by atoms with E-state index in [0.717, 1.165) is 34.0 Å². The van der Waals surface area contributed by atoms with Gasteiger partial charge in [0.05, 0.1) is 11.3 Å². The minimum absolute atomic E-state index is 0.0699. The molecule has 0 bridgehead atoms. The van der Waals surface area contributed by atoms with Gasteiger partial charge in [0, 0.05) is 18.3 Å². The molecule has 2 aliphatic heterocycles. The summed E-state index contributed by atoms with van der Waals surface area (Å²) in [6.45, 7) is 8.36. The minimum Gasteiger partial charge on any atom is -0.317 e. The summed E-state index contributed by atoms with van der Waals surface area (Å²) in [6, 6.07) is 10.0. The van der Waals surface area contributed by atoms with Crippen LogP contribution in [0, 0.1) is 25.2 Å². The van der Waals surface area contributed by atoms with Crippen LogP contribution in [0.25, 0.3) is 11.8 Å². The number of hydrogen-bond donors (Lipinski definition) is 1. The summed E-state index contributed by atoms with van der Waals surface area (Å²) in [5, 5.41) is 15.9. The van der Waals surface area contributed by atoms with Crippen molar-refractivity contribution >= 4 is 39.8 Å². The van der Waals surface area contributed by atoms with Gasteiger partial charge in [0.15, 0.2) is 5.84 Å². The van der Waals surface area contributed by atoms with Crippen LogP contribution in [-0.4, -0.2) is 31.5 Å². The number of aryl methyl sites for hydroxylation is 2. The fourth-order valence-electron chi connectivity index (χ4n) is 3.51. The van der Waals surface area contributed by atoms with E-state index >= 15 is 0 Å². The van der Waals surface area contributed by atoms with Crippen molar-refractivity contribution in [2.75, 3.05) is 0 Å². The van der Waals surface area contributed by atoms with Gasteiger partial charge in [-0.2, -0.15) is 15.1 Å². The number of hydrogen-bond acceptors (Lipinski definition) is 4. The Balaban J connectivity index is 1.73. The van der Waals surface area contributed by atoms with Crippen molar-refractivity contribution in [2.45, 2.75) is 34.1 Å². The summed E-state index contributed by atoms with van der Waals surface area (Å²) in [7, 11) is 0. The zero-order chi connectivity index (χ0) is 20.7. The molecule has 0 radical (unpaired) electrons. The molecule has 1 aromatic heterocycles. The van der Waals surface area contributed by atoms with Gasteiger partial charge in [-0.25, -0.2) is 0 Å². The average Bonchev–Trinajstić information content (AvgIpc) is 3.25. The van der Waals surface area contributed by atoms with Crippen molar-refractivity contribution in [3.8, 4) is 5.69 Å². The Morgan fingerprint density at radius 3 is 2.59 bits per heavy atom. The van der Waals surface area contributed by atoms with Crippen molar-refractivity contribution in [2.24, 2.45) is 16.0 Å². The van der Waals surface area contributed by atoms with E-state index in [1.54, 1.807) is 6.08 Å². The third kappa shape index (κ3) is 3.58. The molecule has 7 heteroatoms. The van der Waals surface area contributed by atoms with Crippen molar-refractivity contribution in [1.29, 1.82) is 5.41 Å². The van der Waals surface area contributed by atoms with Crippen LogP contribution in [0.2, 0.25) is 0 Å². The first-order valence-corrected chi connectivity index (χ1v) is 10.4. The van der Waals surface area contributed by atoms with Gasteiger partial charge in [0.2, 0.25) is 5.17 Å². The second kappa shape index (κ2) is 7.48. The molecule has 3 heterocycles. The highest BCUT2D eigenvalue weighted by molar-refractivity contribution is 8.26. The summed E-state index contributed by atoms with van der Waals surface area (Å²) in [5.74, 6) is 0.119. The number of carbonyl (C=O) groups excluding carboxylic acids is 1. The normalized spacial score (nSPS) is 17.8. The average molecular weight is 406 g/mol. The molecule has 0 saturated heterocycles. The molecule has 0 aliphatic carbocycles. The number of para-hydroxylation sites is 1. The second-order valence-electron chi connectivity index (χ2n) is 7.66. The van der Waals surface area contributed by atoms with Gasteiger partial charge >= 0.3 is 0 Å². The molecule has 0 unspecified atom stereocenters. The number of hydrazone groups is 1. The number of nitrogens with zero attached hydrogens (tertiary/aromatic N) is 4. The number of thioether (sulfide) groups is 1. The SMILES string of the molecule is Cc1cccc(C)c1-n1cccc1/C=C1\C(=N)N2N=C(CC(C)C)SC2=NC1=O. The highest BCUT2D eigenvalue weighted by Gasteiger charge is 2.35. The summed E-state index contributed by atoms with van der Waals surface area (Å²) in [5.41, 5.74) is 4.44. The number of rotatable bonds is 4. The highest BCUT2D eigenvalue weighted by atomic mass is 32.2. The van der Waals surface area contributed by atoms with Gasteiger partial charge < -0.3 is 4.57 Å². The van der Waals surface area contributed by atoms with E-state index in [1.165, 1.54) is 16.8 Å². The molecule has 2 aromatic rings. The van der Waals surface area contributed by atoms with E-state index in [9.17, 15) is 4.79 Å². The van der Waals surface area contributed by atoms with Gasteiger partial charge in [-0.05, 0) is 60.9 Å². The molecule has 29 heavy (non-hydrogen) atoms. The molecule has 148 valence electrons. The molecule has 6 nitrogen and oxygen atoms in total. The van der Waals surface area contributed by atoms with Crippen LogP contribution in [0.3, 0.4) is 0 Å². The van der Waals surface area contributed by atoms with Crippen LogP contribution in [0.15, 0.2) is 52.2 Å². The molecule has 1 N–H and O–H groups in total. The molecule has 0 fully saturated rings. The van der Waals surface area contributed by atoms with Gasteiger partial charge in [0.1, 0.15) is 5.04 Å². The first-order chi connectivity index (χ1) is 13.8. The van der Waals surface area contributed by atoms with Gasteiger partial charge in [0.25, 0.3) is 5.91 Å². The largest absolute Gasteiger partial charge is 0.317 e. The van der Waals surface area contributed by atoms with E-state index in [4.69, 9.17) is 5.41 Å². The maximum atomic E-state index is 12.7. The molecule has 0 saturated carbocycles. The number of amidine groups is 2. The maximum Gasteiger partial charge on any atom is 0.283 e. The van der Waals surface area contributed by atoms with Gasteiger partial charge in [-0.15, -0.1) is 0 Å². The number of amides is 1. The molecular formula is C22H23N5OS. The van der Waals surface area contributed by atoms with Crippen LogP contribution >= 0.6 is 11.8 Å². The monoisotopic (exact) mass is 405 g/mol. The van der Waals surface area contributed by atoms with Crippen LogP contribution in [-0.2, 0) is 4.79 Å². The molecule has 1 amide bonds. The van der Waals surface area contributed by atoms with Crippen LogP contribution in [0.4, 0.5) is 0 Å². The Morgan fingerprint density at radius 2 is 1.90 bits per heavy atom. The summed E-state index contributed by atoms with van der Waals surface area (Å²) in [6.07, 6.45) is 4.51. The molecular weight excluding hydrogens is 382 g/mol. The van der Waals surface area contributed by atoms with Crippen molar-refractivity contribution < 1.29 is 4.79 Å². The van der Waals surface area contributed by atoms with E-state index in [1.807, 2.05) is 29.0 Å². The summed E-state index contributed by atoms with van der Waals surface area (Å²) in [4.78, 5) is 16.9. The number of carbonyl (C=O) groups is 1. The molecule has 2 aliphatic rings. The van der Waals surface area contributed by atoms with E-state index in [-0.39, 0.29) is 11.4 Å². The Labute approximate surface area is 174 Å². The second-order valence-corrected chi connectivity index (χ2v) is 8.70. The van der Waals surface area contributed by atoms with Gasteiger partial charge in [-0.3, -0.25) is 10.2 Å². The zero-order valence-corrected chi connectivity index (χ0v) is 17.7. The van der Waals surface area contributed by atoms with Crippen LogP contribution in [0.1, 0.15) is 37.1 Å². The lowest BCUT2D eigenvalue weighted by Gasteiger charge is -2.20. The Hall–Kier alpha value is -2.93. The van der Waals surface area contributed by atoms with E-state index in [0.29, 0.717) is 11.1 Å². The number of benzene rings is 1. The van der Waals surface area contributed by atoms with Crippen molar-refractivity contribution in [3.05, 3.63) is 58.9 Å². The van der Waals surface area contributed by atoms with E-state index in [2.05, 4.69) is 49.9 Å². The standard InChI is InChI=1S/C22H23N5OS/c1-13(2)11-18-25-27-20(23)17(21(28)24-22(27)29-18)12-16-9-6-10-26(16)19-14(3)7-5-8-15(19)4/h5-10,12-13,23H,11H2,1-4H3/b17-12+,23-20?. The lowest BCUT2D eigenvalue weighted by atomic mass is 10.1. The minimum atomic E-state index is -0.399. The third-order valence-electron chi connectivity index (χ3n) is 4.83. The van der Waals surface area contributed by atoms with Crippen molar-refractivity contribution in [3.63, 3.8) is 0 Å². The number of aliphatic imine (C=N–C) groups is 1. The first-order valence-electron chi connectivity index (χ1n) is 9.58. The Bertz CT molecular complexity index is 1090. The number of fused-ring (bicyclic) bond motifs is 1. The fourth-order valence-corrected chi connectivity index (χ4v) is 4.61. The fraction of sp³-hybridized carbons (Fsp3) is 0.273. The van der Waals surface area contributed by atoms with E-state index < -0.39 is 5.91 Å². The lowest BCUT2D eigenvalue weighted by Crippen LogP contribution is -2.35. The highest BCUT2D eigenvalue weighted by Crippen LogP contribution is 2.31. The molecule has 0 spiro atoms. The molecule has 0 atom stereocenters. The quantitative estimate of drug-likeness (QED) is 0.745. The first kappa shape index (κ1) is 19.4. The summed E-state index contributed by atoms with van der Waals surface area (Å²) >= 11 is 1.38. The molecule has 4 rings (SSSR count). The number of aromatic nitrogens is 1. The predicted molar refractivity (Wildman–Crippen MR) is 120 cm³/mol. The lowest BCUT2D eigenvalue weighted by molar-refractivity contribution is -0.114. The topological polar surface area (TPSA) is 73.8 Å². The Morgan fingerprint density at radius 1 is 1.17 bits per heavy atom. The zero-order valence-electron chi connectivity index (χ0n) is 16.9. The van der Waals surface area contributed by atoms with Gasteiger partial charge in [-0.1, -0.05) is 32.0 Å². The smallest absolute Gasteiger partial charge is 0.283 e.